The molecule has 0 heterocycles. The maximum Gasteiger partial charge on any atom is 0.0992 e. The van der Waals surface area contributed by atoms with Crippen molar-refractivity contribution in [1.82, 2.24) is 0 Å². The summed E-state index contributed by atoms with van der Waals surface area (Å²) in [5.41, 5.74) is 1.44. The summed E-state index contributed by atoms with van der Waals surface area (Å²) in [6, 6.07) is 7.26. The highest BCUT2D eigenvalue weighted by molar-refractivity contribution is 7.84. The maximum absolute atomic E-state index is 12.3. The predicted octanol–water partition coefficient (Wildman–Crippen LogP) is 3.79. The Balaban J connectivity index is 2.04. The molecule has 1 aliphatic carbocycles. The third-order valence-electron chi connectivity index (χ3n) is 3.40. The first-order valence-electron chi connectivity index (χ1n) is 6.26. The topological polar surface area (TPSA) is 40.9 Å². The monoisotopic (exact) mass is 281 g/mol. The highest BCUT2D eigenvalue weighted by Gasteiger charge is 2.20. The molecule has 0 aliphatic heterocycles. The average molecular weight is 282 g/mol. The third kappa shape index (κ3) is 3.34. The van der Waals surface area contributed by atoms with E-state index >= 15 is 0 Å². The van der Waals surface area contributed by atoms with E-state index < -0.39 is 10.8 Å². The van der Waals surface area contributed by atoms with Gasteiger partial charge in [-0.25, -0.2) is 0 Å². The molecule has 2 nitrogen and oxygen atoms in total. The fourth-order valence-corrected chi connectivity index (χ4v) is 4.31. The molecule has 0 amide bonds. The minimum atomic E-state index is -0.844. The van der Waals surface area contributed by atoms with E-state index in [0.717, 1.165) is 18.4 Å². The van der Waals surface area contributed by atoms with Gasteiger partial charge >= 0.3 is 0 Å². The van der Waals surface area contributed by atoms with Gasteiger partial charge in [0.25, 0.3) is 0 Å². The van der Waals surface area contributed by atoms with Crippen molar-refractivity contribution in [3.05, 3.63) is 34.3 Å². The number of halogens is 1. The van der Waals surface area contributed by atoms with Crippen molar-refractivity contribution in [3.8, 4) is 6.07 Å². The van der Waals surface area contributed by atoms with Crippen LogP contribution in [0.25, 0.3) is 0 Å². The first kappa shape index (κ1) is 13.6. The van der Waals surface area contributed by atoms with E-state index in [0.29, 0.717) is 21.6 Å². The largest absolute Gasteiger partial charge is 0.259 e. The third-order valence-corrected chi connectivity index (χ3v) is 5.57. The van der Waals surface area contributed by atoms with Crippen molar-refractivity contribution in [2.45, 2.75) is 43.1 Å². The van der Waals surface area contributed by atoms with Gasteiger partial charge in [0.2, 0.25) is 0 Å². The number of nitrogens with zero attached hydrogens (tertiary/aromatic N) is 1. The van der Waals surface area contributed by atoms with Crippen molar-refractivity contribution in [3.63, 3.8) is 0 Å². The smallest absolute Gasteiger partial charge is 0.0992 e. The summed E-state index contributed by atoms with van der Waals surface area (Å²) in [5.74, 6) is 0.509. The minimum absolute atomic E-state index is 0.325. The molecule has 0 saturated heterocycles. The van der Waals surface area contributed by atoms with Crippen LogP contribution in [0, 0.1) is 11.3 Å². The van der Waals surface area contributed by atoms with E-state index in [4.69, 9.17) is 16.9 Å². The molecule has 1 aromatic carbocycles. The molecule has 96 valence electrons. The first-order chi connectivity index (χ1) is 8.70. The first-order valence-corrected chi connectivity index (χ1v) is 8.02. The highest BCUT2D eigenvalue weighted by Crippen LogP contribution is 2.26. The van der Waals surface area contributed by atoms with Crippen LogP contribution in [0.3, 0.4) is 0 Å². The molecule has 0 N–H and O–H groups in total. The van der Waals surface area contributed by atoms with Crippen LogP contribution in [0.5, 0.6) is 0 Å². The molecule has 4 heteroatoms. The van der Waals surface area contributed by atoms with Gasteiger partial charge in [0, 0.05) is 21.1 Å². The van der Waals surface area contributed by atoms with E-state index in [9.17, 15) is 4.21 Å². The van der Waals surface area contributed by atoms with Gasteiger partial charge < -0.3 is 0 Å². The van der Waals surface area contributed by atoms with Crippen molar-refractivity contribution in [1.29, 1.82) is 5.26 Å². The van der Waals surface area contributed by atoms with E-state index in [1.807, 2.05) is 6.07 Å². The zero-order valence-corrected chi connectivity index (χ0v) is 11.8. The lowest BCUT2D eigenvalue weighted by molar-refractivity contribution is 0.504. The molecule has 0 aromatic heterocycles. The summed E-state index contributed by atoms with van der Waals surface area (Å²) >= 11 is 6.11. The lowest BCUT2D eigenvalue weighted by Crippen LogP contribution is -2.19. The molecule has 18 heavy (non-hydrogen) atoms. The Morgan fingerprint density at radius 3 is 2.67 bits per heavy atom. The second-order valence-electron chi connectivity index (χ2n) is 4.70. The van der Waals surface area contributed by atoms with E-state index in [2.05, 4.69) is 6.07 Å². The summed E-state index contributed by atoms with van der Waals surface area (Å²) in [7, 11) is -0.844. The van der Waals surface area contributed by atoms with Gasteiger partial charge in [-0.1, -0.05) is 36.9 Å². The number of hydrogen-bond donors (Lipinski definition) is 0. The second-order valence-corrected chi connectivity index (χ2v) is 6.83. The normalized spacial score (nSPS) is 18.2. The lowest BCUT2D eigenvalue weighted by Gasteiger charge is -2.21. The van der Waals surface area contributed by atoms with Crippen LogP contribution < -0.4 is 0 Å². The molecule has 1 aliphatic rings. The van der Waals surface area contributed by atoms with Crippen LogP contribution in [0.15, 0.2) is 18.2 Å². The zero-order chi connectivity index (χ0) is 13.0. The summed E-state index contributed by atoms with van der Waals surface area (Å²) in [6.45, 7) is 0. The minimum Gasteiger partial charge on any atom is -0.259 e. The molecule has 0 spiro atoms. The molecule has 0 bridgehead atoms. The molecule has 1 fully saturated rings. The SMILES string of the molecule is N#Cc1ccc(CS(=O)C2CCCCC2)c(Cl)c1. The Kier molecular flexibility index (Phi) is 4.79. The lowest BCUT2D eigenvalue weighted by atomic mass is 10.0. The van der Waals surface area contributed by atoms with Gasteiger partial charge in [-0.3, -0.25) is 4.21 Å². The number of rotatable bonds is 3. The van der Waals surface area contributed by atoms with Gasteiger partial charge in [-0.2, -0.15) is 5.26 Å². The van der Waals surface area contributed by atoms with Crippen molar-refractivity contribution in [2.24, 2.45) is 0 Å². The van der Waals surface area contributed by atoms with Crippen LogP contribution in [0.4, 0.5) is 0 Å². The molecule has 1 atom stereocenters. The summed E-state index contributed by atoms with van der Waals surface area (Å²) in [6.07, 6.45) is 5.79. The van der Waals surface area contributed by atoms with E-state index in [-0.39, 0.29) is 0 Å². The molecule has 0 radical (unpaired) electrons. The van der Waals surface area contributed by atoms with Crippen LogP contribution in [-0.4, -0.2) is 9.46 Å². The molecule has 1 unspecified atom stereocenters. The molecular weight excluding hydrogens is 266 g/mol. The average Bonchev–Trinajstić information content (AvgIpc) is 2.42. The fraction of sp³-hybridized carbons (Fsp3) is 0.500. The quantitative estimate of drug-likeness (QED) is 0.846. The fourth-order valence-electron chi connectivity index (χ4n) is 2.33. The number of nitriles is 1. The van der Waals surface area contributed by atoms with Crippen molar-refractivity contribution >= 4 is 22.4 Å². The summed E-state index contributed by atoms with van der Waals surface area (Å²) in [4.78, 5) is 0. The Hall–Kier alpha value is -0.850. The van der Waals surface area contributed by atoms with Crippen LogP contribution in [0.1, 0.15) is 43.2 Å². The van der Waals surface area contributed by atoms with Crippen molar-refractivity contribution < 1.29 is 4.21 Å². The Labute approximate surface area is 115 Å². The summed E-state index contributed by atoms with van der Waals surface area (Å²) < 4.78 is 12.3. The Morgan fingerprint density at radius 1 is 1.33 bits per heavy atom. The molecule has 1 saturated carbocycles. The predicted molar refractivity (Wildman–Crippen MR) is 74.9 cm³/mol. The molecule has 2 rings (SSSR count). The van der Waals surface area contributed by atoms with Gasteiger partial charge in [0.1, 0.15) is 0 Å². The standard InChI is InChI=1S/C14H16ClNOS/c15-14-8-11(9-16)6-7-12(14)10-18(17)13-4-2-1-3-5-13/h6-8,13H,1-5,10H2. The van der Waals surface area contributed by atoms with Gasteiger partial charge in [-0.05, 0) is 30.5 Å². The van der Waals surface area contributed by atoms with Crippen LogP contribution in [-0.2, 0) is 16.6 Å². The van der Waals surface area contributed by atoms with Gasteiger partial charge in [0.15, 0.2) is 0 Å². The highest BCUT2D eigenvalue weighted by atomic mass is 35.5. The molecule has 1 aromatic rings. The van der Waals surface area contributed by atoms with E-state index in [1.165, 1.54) is 19.3 Å². The Morgan fingerprint density at radius 2 is 2.06 bits per heavy atom. The second kappa shape index (κ2) is 6.36. The van der Waals surface area contributed by atoms with Gasteiger partial charge in [-0.15, -0.1) is 0 Å². The number of benzene rings is 1. The van der Waals surface area contributed by atoms with Crippen LogP contribution >= 0.6 is 11.6 Å². The van der Waals surface area contributed by atoms with Gasteiger partial charge in [0.05, 0.1) is 17.4 Å². The van der Waals surface area contributed by atoms with Crippen molar-refractivity contribution in [2.75, 3.05) is 0 Å². The van der Waals surface area contributed by atoms with E-state index in [1.54, 1.807) is 12.1 Å². The molecular formula is C14H16ClNOS. The zero-order valence-electron chi connectivity index (χ0n) is 10.2. The summed E-state index contributed by atoms with van der Waals surface area (Å²) in [5, 5.41) is 9.65. The van der Waals surface area contributed by atoms with Crippen LogP contribution in [0.2, 0.25) is 5.02 Å². The Bertz CT molecular complexity index is 489. The number of hydrogen-bond acceptors (Lipinski definition) is 2. The maximum atomic E-state index is 12.3.